The van der Waals surface area contributed by atoms with Gasteiger partial charge in [-0.25, -0.2) is 0 Å². The molecule has 0 aliphatic carbocycles. The molecule has 5 heterocycles. The van der Waals surface area contributed by atoms with E-state index >= 15 is 0 Å². The van der Waals surface area contributed by atoms with Gasteiger partial charge in [-0.1, -0.05) is 0 Å². The minimum Gasteiger partial charge on any atom is -0.550 e. The molecule has 0 saturated heterocycles. The number of hydrogen-bond acceptors (Lipinski definition) is 13. The molecule has 0 aliphatic rings. The Hall–Kier alpha value is 0.380. The number of carbonyl (C=O) groups excluding carboxylic acids is 4. The third-order valence-corrected chi connectivity index (χ3v) is 12.1. The predicted molar refractivity (Wildman–Crippen MR) is 152 cm³/mol. The quantitative estimate of drug-likeness (QED) is 0.114. The minimum absolute atomic E-state index is 0. The molecule has 0 aliphatic heterocycles. The maximum absolute atomic E-state index is 11.5. The van der Waals surface area contributed by atoms with Crippen LogP contribution in [0.4, 0.5) is 0 Å². The van der Waals surface area contributed by atoms with Gasteiger partial charge in [-0.3, -0.25) is 0 Å². The van der Waals surface area contributed by atoms with Crippen LogP contribution in [0.2, 0.25) is 0 Å². The van der Waals surface area contributed by atoms with Gasteiger partial charge in [0, 0.05) is 98.3 Å². The van der Waals surface area contributed by atoms with E-state index in [0.717, 1.165) is 39.0 Å². The molecule has 0 saturated carbocycles. The summed E-state index contributed by atoms with van der Waals surface area (Å²) in [7, 11) is 0. The van der Waals surface area contributed by atoms with E-state index in [1.165, 1.54) is 56.7 Å². The van der Waals surface area contributed by atoms with Crippen molar-refractivity contribution < 1.29 is 158 Å². The molecule has 0 amide bonds. The molecule has 210 valence electrons. The molecule has 17 heteroatoms. The summed E-state index contributed by atoms with van der Waals surface area (Å²) in [5, 5.41) is 45.0. The first-order valence-electron chi connectivity index (χ1n) is 11.9. The van der Waals surface area contributed by atoms with Crippen LogP contribution in [0.1, 0.15) is 20.9 Å². The standard InChI is InChI=1S/C28H20O8S5.4Na/c29-23(30)9-13-7-21(17-3-1-15(37-17)11-25(33)34)40-27(13)19-5-6-20(39-19)28-14(10-24(31)32)8-22(41-28)18-4-2-16(38-18)12-26(35)36;;;;/h1-8H,9-12H2,(H,29,30)(H,31,32)(H,33,34)(H,35,36);;;;/q;4*+1/p-4. The molecule has 0 aromatic carbocycles. The van der Waals surface area contributed by atoms with Gasteiger partial charge in [0.1, 0.15) is 0 Å². The monoisotopic (exact) mass is 732 g/mol. The van der Waals surface area contributed by atoms with Crippen LogP contribution in [-0.2, 0) is 44.9 Å². The summed E-state index contributed by atoms with van der Waals surface area (Å²) >= 11 is 6.77. The third-order valence-electron chi connectivity index (χ3n) is 5.79. The van der Waals surface area contributed by atoms with Crippen molar-refractivity contribution in [3.05, 3.63) is 69.4 Å². The van der Waals surface area contributed by atoms with Crippen LogP contribution in [0.15, 0.2) is 48.5 Å². The van der Waals surface area contributed by atoms with Crippen LogP contribution in [0, 0.1) is 0 Å². The van der Waals surface area contributed by atoms with Crippen molar-refractivity contribution >= 4 is 80.6 Å². The van der Waals surface area contributed by atoms with E-state index in [2.05, 4.69) is 0 Å². The van der Waals surface area contributed by atoms with Crippen molar-refractivity contribution in [2.24, 2.45) is 0 Å². The summed E-state index contributed by atoms with van der Waals surface area (Å²) in [5.74, 6) is -4.82. The first-order valence-corrected chi connectivity index (χ1v) is 16.0. The summed E-state index contributed by atoms with van der Waals surface area (Å²) in [4.78, 5) is 52.5. The number of thiophene rings is 5. The van der Waals surface area contributed by atoms with Gasteiger partial charge in [0.15, 0.2) is 0 Å². The molecule has 45 heavy (non-hydrogen) atoms. The van der Waals surface area contributed by atoms with Crippen molar-refractivity contribution in [3.63, 3.8) is 0 Å². The summed E-state index contributed by atoms with van der Waals surface area (Å²) < 4.78 is 0. The van der Waals surface area contributed by atoms with Gasteiger partial charge < -0.3 is 39.6 Å². The van der Waals surface area contributed by atoms with E-state index in [0.29, 0.717) is 20.9 Å². The van der Waals surface area contributed by atoms with Crippen molar-refractivity contribution in [3.8, 4) is 39.0 Å². The van der Waals surface area contributed by atoms with Gasteiger partial charge in [-0.05, 0) is 59.7 Å². The topological polar surface area (TPSA) is 161 Å². The third kappa shape index (κ3) is 11.5. The van der Waals surface area contributed by atoms with Crippen LogP contribution in [0.3, 0.4) is 0 Å². The van der Waals surface area contributed by atoms with Crippen LogP contribution in [0.25, 0.3) is 39.0 Å². The molecule has 8 nitrogen and oxygen atoms in total. The average Bonchev–Trinajstić information content (AvgIpc) is 3.68. The Morgan fingerprint density at radius 3 is 1.09 bits per heavy atom. The molecular formula is C28H16Na4O8S5. The van der Waals surface area contributed by atoms with E-state index in [-0.39, 0.29) is 144 Å². The number of rotatable bonds is 12. The summed E-state index contributed by atoms with van der Waals surface area (Å²) in [6, 6.07) is 14.3. The Morgan fingerprint density at radius 2 is 0.756 bits per heavy atom. The fourth-order valence-corrected chi connectivity index (χ4v) is 9.97. The number of carboxylic acids is 4. The van der Waals surface area contributed by atoms with E-state index in [1.54, 1.807) is 36.4 Å². The molecule has 5 aromatic heterocycles. The van der Waals surface area contributed by atoms with E-state index in [4.69, 9.17) is 0 Å². The van der Waals surface area contributed by atoms with Gasteiger partial charge in [-0.2, -0.15) is 0 Å². The summed E-state index contributed by atoms with van der Waals surface area (Å²) in [5.41, 5.74) is 1.13. The van der Waals surface area contributed by atoms with Gasteiger partial charge in [0.05, 0.1) is 0 Å². The molecule has 0 fully saturated rings. The van der Waals surface area contributed by atoms with Crippen LogP contribution in [-0.4, -0.2) is 23.9 Å². The molecule has 0 spiro atoms. The first-order chi connectivity index (χ1) is 19.5. The predicted octanol–water partition coefficient (Wildman–Crippen LogP) is -10.2. The number of hydrogen-bond donors (Lipinski definition) is 0. The molecule has 0 radical (unpaired) electrons. The molecule has 0 atom stereocenters. The van der Waals surface area contributed by atoms with Crippen LogP contribution in [0.5, 0.6) is 0 Å². The van der Waals surface area contributed by atoms with E-state index in [1.807, 2.05) is 12.1 Å². The second kappa shape index (κ2) is 19.5. The van der Waals surface area contributed by atoms with Gasteiger partial charge in [0.2, 0.25) is 0 Å². The zero-order valence-corrected chi connectivity index (χ0v) is 36.8. The fourth-order valence-electron chi connectivity index (χ4n) is 4.17. The largest absolute Gasteiger partial charge is 1.00 e. The Labute approximate surface area is 366 Å². The Morgan fingerprint density at radius 1 is 0.422 bits per heavy atom. The molecule has 5 rings (SSSR count). The first kappa shape index (κ1) is 43.4. The van der Waals surface area contributed by atoms with Crippen molar-refractivity contribution in [2.45, 2.75) is 25.7 Å². The zero-order chi connectivity index (χ0) is 29.3. The average molecular weight is 733 g/mol. The number of aliphatic carboxylic acids is 4. The molecule has 0 bridgehead atoms. The molecule has 5 aromatic rings. The van der Waals surface area contributed by atoms with Crippen LogP contribution >= 0.6 is 56.7 Å². The Kier molecular flexibility index (Phi) is 18.8. The van der Waals surface area contributed by atoms with E-state index in [9.17, 15) is 39.6 Å². The molecule has 0 N–H and O–H groups in total. The van der Waals surface area contributed by atoms with Crippen molar-refractivity contribution in [1.82, 2.24) is 0 Å². The Balaban J connectivity index is 0.00000253. The number of carbonyl (C=O) groups is 4. The van der Waals surface area contributed by atoms with Crippen molar-refractivity contribution in [2.75, 3.05) is 0 Å². The minimum atomic E-state index is -1.23. The van der Waals surface area contributed by atoms with Gasteiger partial charge >= 0.3 is 118 Å². The second-order valence-electron chi connectivity index (χ2n) is 8.82. The van der Waals surface area contributed by atoms with Gasteiger partial charge in [0.25, 0.3) is 0 Å². The maximum Gasteiger partial charge on any atom is 1.00 e. The summed E-state index contributed by atoms with van der Waals surface area (Å²) in [6.45, 7) is 0. The van der Waals surface area contributed by atoms with Crippen LogP contribution < -0.4 is 139 Å². The van der Waals surface area contributed by atoms with Gasteiger partial charge in [-0.15, -0.1) is 56.7 Å². The smallest absolute Gasteiger partial charge is 0.550 e. The normalized spacial score (nSPS) is 10.1. The summed E-state index contributed by atoms with van der Waals surface area (Å²) in [6.07, 6.45) is -1.02. The number of carboxylic acid groups (broad SMARTS) is 4. The second-order valence-corrected chi connectivity index (χ2v) is 14.3. The SMILES string of the molecule is O=C([O-])Cc1ccc(-c2cc(CC(=O)[O-])c(-c3ccc(-c4sc(-c5ccc(CC(=O)[O-])s5)cc4CC(=O)[O-])s3)s2)s1.[Na+].[Na+].[Na+].[Na+]. The molecular weight excluding hydrogens is 717 g/mol. The fraction of sp³-hybridized carbons (Fsp3) is 0.143. The Bertz CT molecular complexity index is 1670. The van der Waals surface area contributed by atoms with Crippen molar-refractivity contribution in [1.29, 1.82) is 0 Å². The zero-order valence-electron chi connectivity index (χ0n) is 24.8. The maximum atomic E-state index is 11.5. The molecule has 0 unspecified atom stereocenters. The van der Waals surface area contributed by atoms with E-state index < -0.39 is 23.9 Å².